The molecule has 5 nitrogen and oxygen atoms in total. The van der Waals surface area contributed by atoms with Crippen LogP contribution in [0.3, 0.4) is 0 Å². The van der Waals surface area contributed by atoms with Gasteiger partial charge in [-0.3, -0.25) is 14.6 Å². The van der Waals surface area contributed by atoms with E-state index in [-0.39, 0.29) is 0 Å². The third kappa shape index (κ3) is 8.17. The van der Waals surface area contributed by atoms with Crippen LogP contribution < -0.4 is 4.90 Å². The average molecular weight is 642 g/mol. The molecule has 1 aromatic heterocycles. The van der Waals surface area contributed by atoms with Crippen molar-refractivity contribution >= 4 is 38.3 Å². The van der Waals surface area contributed by atoms with E-state index < -0.39 is 0 Å². The van der Waals surface area contributed by atoms with Crippen molar-refractivity contribution in [3.05, 3.63) is 100 Å². The Morgan fingerprint density at radius 2 is 1.60 bits per heavy atom. The minimum absolute atomic E-state index is 0.295. The number of ketones is 1. The number of aryl methyl sites for hydroxylation is 1. The first-order valence-electron chi connectivity index (χ1n) is 16.2. The first-order chi connectivity index (χ1) is 21.1. The van der Waals surface area contributed by atoms with Gasteiger partial charge in [0, 0.05) is 72.0 Å². The average Bonchev–Trinajstić information content (AvgIpc) is 3.45. The summed E-state index contributed by atoms with van der Waals surface area (Å²) in [5.74, 6) is 0.964. The van der Waals surface area contributed by atoms with Crippen molar-refractivity contribution in [3.8, 4) is 0 Å². The van der Waals surface area contributed by atoms with E-state index in [1.54, 1.807) is 0 Å². The summed E-state index contributed by atoms with van der Waals surface area (Å²) >= 11 is 3.60. The first-order valence-corrected chi connectivity index (χ1v) is 17.0. The van der Waals surface area contributed by atoms with Gasteiger partial charge in [-0.25, -0.2) is 0 Å². The molecule has 0 bridgehead atoms. The topological polar surface area (TPSA) is 42.6 Å². The Bertz CT molecular complexity index is 1450. The van der Waals surface area contributed by atoms with Gasteiger partial charge in [-0.2, -0.15) is 0 Å². The van der Waals surface area contributed by atoms with Gasteiger partial charge in [0.25, 0.3) is 0 Å². The lowest BCUT2D eigenvalue weighted by Gasteiger charge is -2.36. The van der Waals surface area contributed by atoms with Crippen molar-refractivity contribution in [2.75, 3.05) is 50.7 Å². The monoisotopic (exact) mass is 640 g/mol. The van der Waals surface area contributed by atoms with Gasteiger partial charge in [0.05, 0.1) is 0 Å². The quantitative estimate of drug-likeness (QED) is 0.126. The molecule has 2 aliphatic heterocycles. The molecule has 2 fully saturated rings. The van der Waals surface area contributed by atoms with Crippen molar-refractivity contribution in [1.29, 1.82) is 0 Å². The number of benzene rings is 3. The van der Waals surface area contributed by atoms with Crippen LogP contribution in [0.15, 0.2) is 83.5 Å². The molecule has 6 rings (SSSR count). The first kappa shape index (κ1) is 30.1. The van der Waals surface area contributed by atoms with Gasteiger partial charge in [-0.05, 0) is 118 Å². The molecule has 0 saturated carbocycles. The third-order valence-corrected chi connectivity index (χ3v) is 10.1. The van der Waals surface area contributed by atoms with Crippen LogP contribution >= 0.6 is 15.9 Å². The highest BCUT2D eigenvalue weighted by atomic mass is 79.9. The molecule has 6 heteroatoms. The Morgan fingerprint density at radius 3 is 2.37 bits per heavy atom. The number of hydrogen-bond donors (Lipinski definition) is 1. The Labute approximate surface area is 265 Å². The number of carbonyl (C=O) groups is 1. The fourth-order valence-electron chi connectivity index (χ4n) is 6.85. The summed E-state index contributed by atoms with van der Waals surface area (Å²) < 4.78 is 1.14. The number of unbranched alkanes of at least 4 members (excludes halogenated alkanes) is 1. The van der Waals surface area contributed by atoms with Gasteiger partial charge in [0.1, 0.15) is 0 Å². The number of piperazine rings is 1. The number of H-pyrrole nitrogens is 1. The van der Waals surface area contributed by atoms with Crippen LogP contribution in [-0.2, 0) is 13.0 Å². The number of nitrogens with one attached hydrogen (secondary N) is 1. The van der Waals surface area contributed by atoms with E-state index in [0.717, 1.165) is 68.7 Å². The molecule has 2 saturated heterocycles. The van der Waals surface area contributed by atoms with Gasteiger partial charge < -0.3 is 9.88 Å². The molecule has 2 aliphatic rings. The predicted octanol–water partition coefficient (Wildman–Crippen LogP) is 7.95. The Balaban J connectivity index is 0.872. The minimum atomic E-state index is 0.295. The molecule has 0 radical (unpaired) electrons. The fraction of sp³-hybridized carbons (Fsp3) is 0.432. The molecule has 0 aliphatic carbocycles. The zero-order chi connectivity index (χ0) is 29.4. The van der Waals surface area contributed by atoms with E-state index in [9.17, 15) is 4.79 Å². The molecule has 1 N–H and O–H groups in total. The Kier molecular flexibility index (Phi) is 10.3. The van der Waals surface area contributed by atoms with Crippen molar-refractivity contribution < 1.29 is 4.79 Å². The largest absolute Gasteiger partial charge is 0.369 e. The summed E-state index contributed by atoms with van der Waals surface area (Å²) in [6.07, 6.45) is 9.81. The lowest BCUT2D eigenvalue weighted by atomic mass is 9.90. The van der Waals surface area contributed by atoms with Crippen LogP contribution in [0.25, 0.3) is 10.9 Å². The van der Waals surface area contributed by atoms with Crippen LogP contribution in [0.1, 0.15) is 60.0 Å². The van der Waals surface area contributed by atoms with Crippen molar-refractivity contribution in [2.45, 2.75) is 51.5 Å². The maximum absolute atomic E-state index is 13.0. The van der Waals surface area contributed by atoms with E-state index in [1.807, 2.05) is 0 Å². The highest BCUT2D eigenvalue weighted by Crippen LogP contribution is 2.26. The van der Waals surface area contributed by atoms with Crippen LogP contribution in [0.4, 0.5) is 5.69 Å². The van der Waals surface area contributed by atoms with Gasteiger partial charge >= 0.3 is 0 Å². The van der Waals surface area contributed by atoms with E-state index >= 15 is 0 Å². The number of rotatable bonds is 12. The second kappa shape index (κ2) is 14.7. The number of halogens is 1. The second-order valence-corrected chi connectivity index (χ2v) is 13.4. The number of Topliss-reactive ketones (excluding diaryl/α,β-unsaturated/α-hetero) is 1. The SMILES string of the molecule is O=C(CCC1CCN(Cc2ccccc2)CC1)c1ccc(N2CCN(CCCCc3c[nH]c4ccc(Br)cc34)CC2)cc1. The maximum atomic E-state index is 13.0. The molecule has 0 spiro atoms. The predicted molar refractivity (Wildman–Crippen MR) is 182 cm³/mol. The van der Waals surface area contributed by atoms with Crippen molar-refractivity contribution in [2.24, 2.45) is 5.92 Å². The lowest BCUT2D eigenvalue weighted by molar-refractivity contribution is 0.0961. The van der Waals surface area contributed by atoms with E-state index in [1.165, 1.54) is 59.9 Å². The van der Waals surface area contributed by atoms with Crippen LogP contribution in [0.5, 0.6) is 0 Å². The smallest absolute Gasteiger partial charge is 0.162 e. The summed E-state index contributed by atoms with van der Waals surface area (Å²) in [7, 11) is 0. The Hall–Kier alpha value is -2.93. The second-order valence-electron chi connectivity index (χ2n) is 12.5. The summed E-state index contributed by atoms with van der Waals surface area (Å²) in [6.45, 7) is 8.78. The minimum Gasteiger partial charge on any atom is -0.369 e. The summed E-state index contributed by atoms with van der Waals surface area (Å²) in [5.41, 5.74) is 6.14. The zero-order valence-electron chi connectivity index (χ0n) is 25.3. The number of piperidine rings is 1. The van der Waals surface area contributed by atoms with Gasteiger partial charge in [-0.1, -0.05) is 46.3 Å². The highest BCUT2D eigenvalue weighted by Gasteiger charge is 2.21. The fourth-order valence-corrected chi connectivity index (χ4v) is 7.21. The number of aromatic amines is 1. The zero-order valence-corrected chi connectivity index (χ0v) is 26.9. The van der Waals surface area contributed by atoms with Gasteiger partial charge in [0.2, 0.25) is 0 Å². The van der Waals surface area contributed by atoms with E-state index in [0.29, 0.717) is 18.1 Å². The van der Waals surface area contributed by atoms with Crippen molar-refractivity contribution in [3.63, 3.8) is 0 Å². The molecule has 4 aromatic rings. The molecule has 226 valence electrons. The van der Waals surface area contributed by atoms with Gasteiger partial charge in [-0.15, -0.1) is 0 Å². The number of hydrogen-bond acceptors (Lipinski definition) is 4. The normalized spacial score (nSPS) is 17.1. The van der Waals surface area contributed by atoms with Crippen molar-refractivity contribution in [1.82, 2.24) is 14.8 Å². The highest BCUT2D eigenvalue weighted by molar-refractivity contribution is 9.10. The van der Waals surface area contributed by atoms with Crippen LogP contribution in [-0.4, -0.2) is 66.4 Å². The molecule has 43 heavy (non-hydrogen) atoms. The molecule has 3 aromatic carbocycles. The molecular weight excluding hydrogens is 596 g/mol. The number of fused-ring (bicyclic) bond motifs is 1. The summed E-state index contributed by atoms with van der Waals surface area (Å²) in [4.78, 5) is 24.0. The number of likely N-dealkylation sites (tertiary alicyclic amines) is 1. The molecular formula is C37H45BrN4O. The number of aromatic nitrogens is 1. The number of carbonyl (C=O) groups excluding carboxylic acids is 1. The van der Waals surface area contributed by atoms with Gasteiger partial charge in [0.15, 0.2) is 5.78 Å². The van der Waals surface area contributed by atoms with Crippen LogP contribution in [0, 0.1) is 5.92 Å². The molecule has 3 heterocycles. The van der Waals surface area contributed by atoms with Crippen LogP contribution in [0.2, 0.25) is 0 Å². The number of anilines is 1. The van der Waals surface area contributed by atoms with E-state index in [2.05, 4.69) is 115 Å². The standard InChI is InChI=1S/C37H45BrN4O/c38-33-12-15-36-35(26-33)32(27-39-36)8-4-5-19-40-22-24-42(25-23-40)34-13-10-31(11-14-34)37(43)16-9-29-17-20-41(21-18-29)28-30-6-2-1-3-7-30/h1-3,6-7,10-15,26-27,29,39H,4-5,8-9,16-25,28H2. The summed E-state index contributed by atoms with van der Waals surface area (Å²) in [5, 5.41) is 1.34. The molecule has 0 unspecified atom stereocenters. The third-order valence-electron chi connectivity index (χ3n) is 9.56. The molecule has 0 amide bonds. The number of nitrogens with zero attached hydrogens (tertiary/aromatic N) is 3. The maximum Gasteiger partial charge on any atom is 0.162 e. The van der Waals surface area contributed by atoms with E-state index in [4.69, 9.17) is 0 Å². The summed E-state index contributed by atoms with van der Waals surface area (Å²) in [6, 6.07) is 25.6. The lowest BCUT2D eigenvalue weighted by Crippen LogP contribution is -2.46. The molecule has 0 atom stereocenters. The Morgan fingerprint density at radius 1 is 0.837 bits per heavy atom.